The van der Waals surface area contributed by atoms with Crippen molar-refractivity contribution < 1.29 is 27.4 Å². The van der Waals surface area contributed by atoms with Gasteiger partial charge in [-0.05, 0) is 73.2 Å². The van der Waals surface area contributed by atoms with Crippen LogP contribution >= 0.6 is 0 Å². The van der Waals surface area contributed by atoms with Crippen LogP contribution in [-0.4, -0.2) is 27.2 Å². The number of alkyl halides is 3. The molecule has 11 heteroatoms. The molecule has 4 rings (SSSR count). The van der Waals surface area contributed by atoms with Crippen molar-refractivity contribution >= 4 is 11.8 Å². The molecule has 3 aromatic carbocycles. The maximum Gasteiger partial charge on any atom is 0.573 e. The molecule has 182 valence electrons. The highest BCUT2D eigenvalue weighted by Crippen LogP contribution is 2.24. The average molecular weight is 493 g/mol. The number of rotatable bonds is 6. The van der Waals surface area contributed by atoms with Gasteiger partial charge in [-0.3, -0.25) is 5.32 Å². The first-order valence-corrected chi connectivity index (χ1v) is 10.6. The first kappa shape index (κ1) is 24.3. The summed E-state index contributed by atoms with van der Waals surface area (Å²) in [6, 6.07) is 20.7. The number of carbonyl (C=O) groups is 1. The Balaban J connectivity index is 1.36. The van der Waals surface area contributed by atoms with E-state index in [0.29, 0.717) is 28.3 Å². The molecule has 1 unspecified atom stereocenters. The van der Waals surface area contributed by atoms with Crippen molar-refractivity contribution in [3.8, 4) is 28.9 Å². The van der Waals surface area contributed by atoms with Crippen molar-refractivity contribution in [1.29, 1.82) is 5.26 Å². The fourth-order valence-corrected chi connectivity index (χ4v) is 3.23. The second-order valence-electron chi connectivity index (χ2n) is 7.54. The number of anilines is 1. The van der Waals surface area contributed by atoms with E-state index in [1.165, 1.54) is 35.3 Å². The monoisotopic (exact) mass is 493 g/mol. The Kier molecular flexibility index (Phi) is 6.87. The number of benzene rings is 3. The third kappa shape index (κ3) is 6.18. The Labute approximate surface area is 203 Å². The van der Waals surface area contributed by atoms with Gasteiger partial charge in [0.15, 0.2) is 5.82 Å². The zero-order chi connectivity index (χ0) is 25.7. The Morgan fingerprint density at radius 2 is 1.69 bits per heavy atom. The van der Waals surface area contributed by atoms with Crippen LogP contribution in [-0.2, 0) is 4.74 Å². The maximum atomic E-state index is 12.3. The number of carbonyl (C=O) groups excluding carboxylic acids is 1. The molecule has 4 aromatic rings. The molecule has 8 nitrogen and oxygen atoms in total. The molecule has 0 aliphatic heterocycles. The molecule has 0 saturated carbocycles. The van der Waals surface area contributed by atoms with Crippen LogP contribution < -0.4 is 10.1 Å². The number of hydrogen-bond donors (Lipinski definition) is 1. The van der Waals surface area contributed by atoms with Crippen molar-refractivity contribution in [3.63, 3.8) is 0 Å². The topological polar surface area (TPSA) is 102 Å². The lowest BCUT2D eigenvalue weighted by Gasteiger charge is -2.14. The Morgan fingerprint density at radius 1 is 1.03 bits per heavy atom. The molecule has 1 atom stereocenters. The Hall–Kier alpha value is -4.85. The van der Waals surface area contributed by atoms with Crippen LogP contribution in [0.15, 0.2) is 79.1 Å². The number of ether oxygens (including phenoxy) is 2. The molecule has 1 N–H and O–H groups in total. The number of hydrogen-bond acceptors (Lipinski definition) is 6. The highest BCUT2D eigenvalue weighted by molar-refractivity contribution is 5.85. The first-order valence-electron chi connectivity index (χ1n) is 10.6. The van der Waals surface area contributed by atoms with Crippen LogP contribution in [0.25, 0.3) is 17.1 Å². The molecular formula is C25H18F3N5O3. The first-order chi connectivity index (χ1) is 17.2. The van der Waals surface area contributed by atoms with E-state index < -0.39 is 18.6 Å². The summed E-state index contributed by atoms with van der Waals surface area (Å²) in [7, 11) is 0. The van der Waals surface area contributed by atoms with E-state index in [4.69, 9.17) is 10.00 Å². The summed E-state index contributed by atoms with van der Waals surface area (Å²) in [5.41, 5.74) is 2.93. The van der Waals surface area contributed by atoms with E-state index in [1.807, 2.05) is 6.07 Å². The fraction of sp³-hybridized carbons (Fsp3) is 0.120. The molecule has 1 amide bonds. The van der Waals surface area contributed by atoms with Gasteiger partial charge in [0, 0.05) is 11.3 Å². The highest BCUT2D eigenvalue weighted by atomic mass is 19.4. The summed E-state index contributed by atoms with van der Waals surface area (Å²) in [5, 5.41) is 15.9. The third-order valence-corrected chi connectivity index (χ3v) is 5.01. The molecule has 36 heavy (non-hydrogen) atoms. The minimum Gasteiger partial charge on any atom is -0.441 e. The summed E-state index contributed by atoms with van der Waals surface area (Å²) in [4.78, 5) is 16.5. The lowest BCUT2D eigenvalue weighted by Crippen LogP contribution is -2.17. The van der Waals surface area contributed by atoms with E-state index in [1.54, 1.807) is 55.5 Å². The maximum absolute atomic E-state index is 12.3. The number of amides is 1. The summed E-state index contributed by atoms with van der Waals surface area (Å²) in [6.45, 7) is 1.73. The third-order valence-electron chi connectivity index (χ3n) is 5.01. The number of halogens is 3. The van der Waals surface area contributed by atoms with Gasteiger partial charge in [-0.2, -0.15) is 5.26 Å². The molecule has 0 aliphatic rings. The second-order valence-corrected chi connectivity index (χ2v) is 7.54. The predicted molar refractivity (Wildman–Crippen MR) is 123 cm³/mol. The molecule has 1 aromatic heterocycles. The summed E-state index contributed by atoms with van der Waals surface area (Å²) >= 11 is 0. The van der Waals surface area contributed by atoms with Crippen LogP contribution in [0.4, 0.5) is 23.7 Å². The largest absolute Gasteiger partial charge is 0.573 e. The molecule has 0 bridgehead atoms. The minimum atomic E-state index is -4.76. The van der Waals surface area contributed by atoms with E-state index in [-0.39, 0.29) is 5.75 Å². The highest BCUT2D eigenvalue weighted by Gasteiger charge is 2.31. The molecule has 0 fully saturated rings. The van der Waals surface area contributed by atoms with Gasteiger partial charge in [-0.25, -0.2) is 14.5 Å². The van der Waals surface area contributed by atoms with Crippen LogP contribution in [0.2, 0.25) is 0 Å². The van der Waals surface area contributed by atoms with Crippen molar-refractivity contribution in [2.75, 3.05) is 5.32 Å². The molecule has 0 radical (unpaired) electrons. The van der Waals surface area contributed by atoms with Gasteiger partial charge in [0.25, 0.3) is 0 Å². The average Bonchev–Trinajstić information content (AvgIpc) is 3.34. The number of nitriles is 1. The lowest BCUT2D eigenvalue weighted by atomic mass is 10.1. The van der Waals surface area contributed by atoms with E-state index in [2.05, 4.69) is 20.1 Å². The molecule has 0 spiro atoms. The van der Waals surface area contributed by atoms with Crippen LogP contribution in [0, 0.1) is 11.3 Å². The van der Waals surface area contributed by atoms with Gasteiger partial charge in [-0.1, -0.05) is 12.1 Å². The SMILES string of the molecule is CC(OC(=O)Nc1ccc(-c2ncn(-c3ccc(OC(F)(F)F)cc3)n2)cc1)c1ccc(C#N)cc1. The number of nitrogens with zero attached hydrogens (tertiary/aromatic N) is 4. The zero-order valence-electron chi connectivity index (χ0n) is 18.7. The molecule has 0 saturated heterocycles. The van der Waals surface area contributed by atoms with Gasteiger partial charge < -0.3 is 9.47 Å². The molecule has 0 aliphatic carbocycles. The van der Waals surface area contributed by atoms with Crippen molar-refractivity contribution in [2.45, 2.75) is 19.4 Å². The van der Waals surface area contributed by atoms with Gasteiger partial charge in [0.1, 0.15) is 18.2 Å². The molecule has 1 heterocycles. The molecular weight excluding hydrogens is 475 g/mol. The predicted octanol–water partition coefficient (Wildman–Crippen LogP) is 6.01. The van der Waals surface area contributed by atoms with E-state index in [0.717, 1.165) is 5.56 Å². The van der Waals surface area contributed by atoms with Gasteiger partial charge in [-0.15, -0.1) is 18.3 Å². The second kappa shape index (κ2) is 10.2. The summed E-state index contributed by atoms with van der Waals surface area (Å²) in [5.74, 6) is 0.0497. The van der Waals surface area contributed by atoms with E-state index in [9.17, 15) is 18.0 Å². The summed E-state index contributed by atoms with van der Waals surface area (Å²) in [6.07, 6.45) is -4.48. The van der Waals surface area contributed by atoms with Crippen LogP contribution in [0.1, 0.15) is 24.2 Å². The van der Waals surface area contributed by atoms with Crippen molar-refractivity contribution in [1.82, 2.24) is 14.8 Å². The van der Waals surface area contributed by atoms with Crippen molar-refractivity contribution in [2.24, 2.45) is 0 Å². The standard InChI is InChI=1S/C25H18F3N5O3/c1-16(18-4-2-17(14-29)3-5-18)35-24(34)31-20-8-6-19(7-9-20)23-30-15-33(32-23)21-10-12-22(13-11-21)36-25(26,27)28/h2-13,15-16H,1H3,(H,31,34). The Bertz CT molecular complexity index is 1380. The number of nitrogens with one attached hydrogen (secondary N) is 1. The van der Waals surface area contributed by atoms with Crippen LogP contribution in [0.5, 0.6) is 5.75 Å². The van der Waals surface area contributed by atoms with Gasteiger partial charge >= 0.3 is 12.5 Å². The lowest BCUT2D eigenvalue weighted by molar-refractivity contribution is -0.274. The number of aromatic nitrogens is 3. The quantitative estimate of drug-likeness (QED) is 0.353. The van der Waals surface area contributed by atoms with Crippen molar-refractivity contribution in [3.05, 3.63) is 90.3 Å². The normalized spacial score (nSPS) is 11.9. The zero-order valence-corrected chi connectivity index (χ0v) is 18.7. The smallest absolute Gasteiger partial charge is 0.441 e. The summed E-state index contributed by atoms with van der Waals surface area (Å²) < 4.78 is 47.6. The Morgan fingerprint density at radius 3 is 2.31 bits per heavy atom. The minimum absolute atomic E-state index is 0.334. The van der Waals surface area contributed by atoms with Gasteiger partial charge in [0.05, 0.1) is 17.3 Å². The van der Waals surface area contributed by atoms with Crippen LogP contribution in [0.3, 0.4) is 0 Å². The van der Waals surface area contributed by atoms with Gasteiger partial charge in [0.2, 0.25) is 0 Å². The fourth-order valence-electron chi connectivity index (χ4n) is 3.23. The van der Waals surface area contributed by atoms with E-state index >= 15 is 0 Å².